The number of amides is 3. The third-order valence-corrected chi connectivity index (χ3v) is 3.76. The summed E-state index contributed by atoms with van der Waals surface area (Å²) in [6.07, 6.45) is 0. The molecule has 7 heteroatoms. The fourth-order valence-electron chi connectivity index (χ4n) is 2.27. The molecule has 0 aliphatic rings. The number of ether oxygens (including phenoxy) is 2. The van der Waals surface area contributed by atoms with Crippen molar-refractivity contribution in [3.05, 3.63) is 59.2 Å². The molecule has 2 aromatic rings. The summed E-state index contributed by atoms with van der Waals surface area (Å²) in [7, 11) is 0. The van der Waals surface area contributed by atoms with E-state index in [0.29, 0.717) is 18.0 Å². The molecule has 0 aliphatic carbocycles. The van der Waals surface area contributed by atoms with E-state index in [1.807, 2.05) is 19.9 Å². The summed E-state index contributed by atoms with van der Waals surface area (Å²) < 4.78 is 10.3. The number of hydrogen-bond acceptors (Lipinski definition) is 5. The monoisotopic (exact) mass is 370 g/mol. The van der Waals surface area contributed by atoms with Crippen LogP contribution in [0.25, 0.3) is 0 Å². The zero-order chi connectivity index (χ0) is 19.8. The minimum Gasteiger partial charge on any atom is -0.493 e. The Morgan fingerprint density at radius 2 is 1.74 bits per heavy atom. The summed E-state index contributed by atoms with van der Waals surface area (Å²) in [5.41, 5.74) is 2.88. The largest absolute Gasteiger partial charge is 0.493 e. The Morgan fingerprint density at radius 3 is 2.44 bits per heavy atom. The van der Waals surface area contributed by atoms with E-state index in [4.69, 9.17) is 9.47 Å². The first-order chi connectivity index (χ1) is 12.9. The summed E-state index contributed by atoms with van der Waals surface area (Å²) in [5, 5.41) is 4.67. The van der Waals surface area contributed by atoms with Crippen molar-refractivity contribution in [2.24, 2.45) is 0 Å². The second kappa shape index (κ2) is 9.38. The molecule has 7 nitrogen and oxygen atoms in total. The highest BCUT2D eigenvalue weighted by molar-refractivity contribution is 6.02. The molecule has 0 fully saturated rings. The Morgan fingerprint density at radius 1 is 1.00 bits per heavy atom. The lowest BCUT2D eigenvalue weighted by atomic mass is 10.1. The molecular formula is C20H22N2O5. The first kappa shape index (κ1) is 20.0. The van der Waals surface area contributed by atoms with Gasteiger partial charge < -0.3 is 14.8 Å². The highest BCUT2D eigenvalue weighted by Crippen LogP contribution is 2.18. The molecule has 0 spiro atoms. The van der Waals surface area contributed by atoms with E-state index in [-0.39, 0.29) is 5.56 Å². The van der Waals surface area contributed by atoms with Crippen molar-refractivity contribution in [3.8, 4) is 5.75 Å². The molecule has 0 heterocycles. The van der Waals surface area contributed by atoms with Crippen LogP contribution in [0.3, 0.4) is 0 Å². The Kier molecular flexibility index (Phi) is 6.93. The Bertz CT molecular complexity index is 848. The van der Waals surface area contributed by atoms with Gasteiger partial charge >= 0.3 is 12.0 Å². The van der Waals surface area contributed by atoms with Crippen molar-refractivity contribution >= 4 is 23.6 Å². The highest BCUT2D eigenvalue weighted by Gasteiger charge is 2.16. The highest BCUT2D eigenvalue weighted by atomic mass is 16.5. The van der Waals surface area contributed by atoms with E-state index in [1.54, 1.807) is 37.3 Å². The zero-order valence-corrected chi connectivity index (χ0v) is 15.5. The lowest BCUT2D eigenvalue weighted by Crippen LogP contribution is -2.37. The van der Waals surface area contributed by atoms with Gasteiger partial charge in [-0.05, 0) is 56.2 Å². The molecular weight excluding hydrogens is 348 g/mol. The maximum absolute atomic E-state index is 12.1. The predicted molar refractivity (Wildman–Crippen MR) is 101 cm³/mol. The lowest BCUT2D eigenvalue weighted by molar-refractivity contribution is -0.123. The fourth-order valence-corrected chi connectivity index (χ4v) is 2.27. The van der Waals surface area contributed by atoms with Gasteiger partial charge in [-0.25, -0.2) is 9.59 Å². The Hall–Kier alpha value is -3.35. The average Bonchev–Trinajstić information content (AvgIpc) is 2.63. The summed E-state index contributed by atoms with van der Waals surface area (Å²) in [6, 6.07) is 11.3. The summed E-state index contributed by atoms with van der Waals surface area (Å²) in [6.45, 7) is 5.48. The van der Waals surface area contributed by atoms with Gasteiger partial charge in [-0.15, -0.1) is 0 Å². The molecule has 0 aromatic heterocycles. The Labute approximate surface area is 157 Å². The number of hydrogen-bond donors (Lipinski definition) is 2. The maximum Gasteiger partial charge on any atom is 0.342 e. The molecule has 2 aromatic carbocycles. The molecule has 0 aliphatic heterocycles. The number of carbonyl (C=O) groups is 3. The van der Waals surface area contributed by atoms with Crippen molar-refractivity contribution in [2.45, 2.75) is 20.8 Å². The number of anilines is 1. The Balaban J connectivity index is 1.85. The molecule has 0 unspecified atom stereocenters. The van der Waals surface area contributed by atoms with Crippen LogP contribution in [0.1, 0.15) is 28.4 Å². The van der Waals surface area contributed by atoms with Gasteiger partial charge in [-0.1, -0.05) is 18.2 Å². The first-order valence-electron chi connectivity index (χ1n) is 8.47. The number of esters is 1. The van der Waals surface area contributed by atoms with Crippen LogP contribution in [0.4, 0.5) is 10.5 Å². The van der Waals surface area contributed by atoms with E-state index < -0.39 is 24.5 Å². The quantitative estimate of drug-likeness (QED) is 0.762. The third kappa shape index (κ3) is 5.85. The van der Waals surface area contributed by atoms with Crippen LogP contribution in [-0.4, -0.2) is 31.1 Å². The summed E-state index contributed by atoms with van der Waals surface area (Å²) in [5.74, 6) is -1.07. The maximum atomic E-state index is 12.1. The molecule has 0 atom stereocenters. The van der Waals surface area contributed by atoms with E-state index in [1.165, 1.54) is 6.07 Å². The summed E-state index contributed by atoms with van der Waals surface area (Å²) >= 11 is 0. The van der Waals surface area contributed by atoms with E-state index in [0.717, 1.165) is 11.1 Å². The van der Waals surface area contributed by atoms with Gasteiger partial charge in [0.1, 0.15) is 11.3 Å². The van der Waals surface area contributed by atoms with Crippen LogP contribution in [0.5, 0.6) is 5.75 Å². The van der Waals surface area contributed by atoms with Crippen LogP contribution < -0.4 is 15.4 Å². The van der Waals surface area contributed by atoms with Gasteiger partial charge in [0.25, 0.3) is 5.91 Å². The average molecular weight is 370 g/mol. The number of rotatable bonds is 6. The van der Waals surface area contributed by atoms with Crippen molar-refractivity contribution in [1.82, 2.24) is 5.32 Å². The van der Waals surface area contributed by atoms with Crippen molar-refractivity contribution in [1.29, 1.82) is 0 Å². The van der Waals surface area contributed by atoms with Gasteiger partial charge in [0, 0.05) is 5.69 Å². The van der Waals surface area contributed by atoms with Crippen LogP contribution in [0.15, 0.2) is 42.5 Å². The summed E-state index contributed by atoms with van der Waals surface area (Å²) in [4.78, 5) is 35.8. The molecule has 0 saturated heterocycles. The van der Waals surface area contributed by atoms with Gasteiger partial charge in [0.05, 0.1) is 6.61 Å². The number of benzene rings is 2. The number of nitrogens with one attached hydrogen (secondary N) is 2. The molecule has 27 heavy (non-hydrogen) atoms. The van der Waals surface area contributed by atoms with Crippen LogP contribution in [-0.2, 0) is 9.53 Å². The van der Waals surface area contributed by atoms with Gasteiger partial charge in [-0.2, -0.15) is 0 Å². The standard InChI is InChI=1S/C20H22N2O5/c1-4-26-17-8-6-5-7-16(17)19(24)27-12-18(23)22-20(25)21-15-10-9-13(2)14(3)11-15/h5-11H,4,12H2,1-3H3,(H2,21,22,23,25). The smallest absolute Gasteiger partial charge is 0.342 e. The number of carbonyl (C=O) groups excluding carboxylic acids is 3. The topological polar surface area (TPSA) is 93.7 Å². The predicted octanol–water partition coefficient (Wildman–Crippen LogP) is 3.21. The SMILES string of the molecule is CCOc1ccccc1C(=O)OCC(=O)NC(=O)Nc1ccc(C)c(C)c1. The molecule has 0 radical (unpaired) electrons. The minimum atomic E-state index is -0.737. The minimum absolute atomic E-state index is 0.215. The number of urea groups is 1. The third-order valence-electron chi connectivity index (χ3n) is 3.76. The second-order valence-corrected chi connectivity index (χ2v) is 5.81. The molecule has 2 N–H and O–H groups in total. The van der Waals surface area contributed by atoms with Gasteiger partial charge in [-0.3, -0.25) is 10.1 Å². The number of para-hydroxylation sites is 1. The normalized spacial score (nSPS) is 10.0. The van der Waals surface area contributed by atoms with Crippen LogP contribution in [0, 0.1) is 13.8 Å². The second-order valence-electron chi connectivity index (χ2n) is 5.81. The van der Waals surface area contributed by atoms with E-state index in [2.05, 4.69) is 10.6 Å². The van der Waals surface area contributed by atoms with Crippen molar-refractivity contribution in [3.63, 3.8) is 0 Å². The van der Waals surface area contributed by atoms with Gasteiger partial charge in [0.15, 0.2) is 6.61 Å². The van der Waals surface area contributed by atoms with E-state index in [9.17, 15) is 14.4 Å². The molecule has 0 bridgehead atoms. The van der Waals surface area contributed by atoms with Crippen LogP contribution >= 0.6 is 0 Å². The molecule has 3 amide bonds. The number of aryl methyl sites for hydroxylation is 2. The van der Waals surface area contributed by atoms with E-state index >= 15 is 0 Å². The molecule has 2 rings (SSSR count). The molecule has 0 saturated carbocycles. The van der Waals surface area contributed by atoms with Gasteiger partial charge in [0.2, 0.25) is 0 Å². The van der Waals surface area contributed by atoms with Crippen molar-refractivity contribution in [2.75, 3.05) is 18.5 Å². The number of imide groups is 1. The van der Waals surface area contributed by atoms with Crippen molar-refractivity contribution < 1.29 is 23.9 Å². The lowest BCUT2D eigenvalue weighted by Gasteiger charge is -2.10. The van der Waals surface area contributed by atoms with Crippen LogP contribution in [0.2, 0.25) is 0 Å². The fraction of sp³-hybridized carbons (Fsp3) is 0.250. The molecule has 142 valence electrons. The zero-order valence-electron chi connectivity index (χ0n) is 15.5. The first-order valence-corrected chi connectivity index (χ1v) is 8.47.